The third-order valence-corrected chi connectivity index (χ3v) is 5.81. The summed E-state index contributed by atoms with van der Waals surface area (Å²) < 4.78 is 24.9. The molecule has 2 aromatic carbocycles. The molecule has 7 nitrogen and oxygen atoms in total. The first-order chi connectivity index (χ1) is 16.2. The zero-order valence-electron chi connectivity index (χ0n) is 18.0. The van der Waals surface area contributed by atoms with E-state index in [1.54, 1.807) is 23.2 Å². The second-order valence-corrected chi connectivity index (χ2v) is 8.05. The van der Waals surface area contributed by atoms with Crippen molar-refractivity contribution in [3.05, 3.63) is 84.1 Å². The Balaban J connectivity index is 1.28. The summed E-state index contributed by atoms with van der Waals surface area (Å²) in [5, 5.41) is 0.765. The molecule has 0 aliphatic carbocycles. The summed E-state index contributed by atoms with van der Waals surface area (Å²) in [4.78, 5) is 27.7. The van der Waals surface area contributed by atoms with Gasteiger partial charge < -0.3 is 14.1 Å². The number of ether oxygens (including phenoxy) is 1. The van der Waals surface area contributed by atoms with Gasteiger partial charge in [0.2, 0.25) is 11.8 Å². The number of piperidine rings is 1. The molecule has 1 fully saturated rings. The number of amides is 1. The number of carbonyl (C=O) groups is 1. The molecule has 4 aromatic rings. The van der Waals surface area contributed by atoms with Crippen molar-refractivity contribution in [1.29, 1.82) is 0 Å². The van der Waals surface area contributed by atoms with Crippen LogP contribution in [0, 0.1) is 5.82 Å². The first-order valence-corrected chi connectivity index (χ1v) is 11.0. The molecule has 0 saturated carbocycles. The van der Waals surface area contributed by atoms with Crippen LogP contribution < -0.4 is 4.74 Å². The fourth-order valence-electron chi connectivity index (χ4n) is 4.16. The Kier molecular flexibility index (Phi) is 5.97. The van der Waals surface area contributed by atoms with Crippen LogP contribution in [0.5, 0.6) is 5.88 Å². The van der Waals surface area contributed by atoms with Crippen molar-refractivity contribution in [2.75, 3.05) is 13.2 Å². The fourth-order valence-corrected chi connectivity index (χ4v) is 4.16. The highest BCUT2D eigenvalue weighted by atomic mass is 19.1. The van der Waals surface area contributed by atoms with Crippen molar-refractivity contribution in [3.8, 4) is 5.88 Å². The van der Waals surface area contributed by atoms with E-state index < -0.39 is 0 Å². The highest BCUT2D eigenvalue weighted by Gasteiger charge is 2.31. The summed E-state index contributed by atoms with van der Waals surface area (Å²) in [5.74, 6) is 1.18. The zero-order valence-corrected chi connectivity index (χ0v) is 18.0. The summed E-state index contributed by atoms with van der Waals surface area (Å²) in [7, 11) is 0. The molecular weight excluding hydrogens is 423 g/mol. The number of hydrogen-bond donors (Lipinski definition) is 0. The van der Waals surface area contributed by atoms with E-state index >= 15 is 0 Å². The van der Waals surface area contributed by atoms with Crippen LogP contribution in [0.4, 0.5) is 4.39 Å². The first kappa shape index (κ1) is 21.1. The van der Waals surface area contributed by atoms with Crippen LogP contribution >= 0.6 is 0 Å². The molecule has 5 rings (SSSR count). The van der Waals surface area contributed by atoms with E-state index in [9.17, 15) is 9.18 Å². The van der Waals surface area contributed by atoms with Crippen molar-refractivity contribution in [1.82, 2.24) is 19.9 Å². The van der Waals surface area contributed by atoms with E-state index in [-0.39, 0.29) is 24.4 Å². The Hall–Kier alpha value is -3.81. The number of oxazole rings is 1. The van der Waals surface area contributed by atoms with Gasteiger partial charge in [-0.15, -0.1) is 0 Å². The molecule has 33 heavy (non-hydrogen) atoms. The average Bonchev–Trinajstić information content (AvgIpc) is 3.32. The molecule has 168 valence electrons. The molecule has 0 radical (unpaired) electrons. The predicted octanol–water partition coefficient (Wildman–Crippen LogP) is 4.48. The van der Waals surface area contributed by atoms with Crippen LogP contribution in [0.25, 0.3) is 10.9 Å². The molecule has 0 N–H and O–H groups in total. The lowest BCUT2D eigenvalue weighted by molar-refractivity contribution is -0.137. The van der Waals surface area contributed by atoms with E-state index in [0.717, 1.165) is 35.7 Å². The van der Waals surface area contributed by atoms with E-state index in [4.69, 9.17) is 9.15 Å². The number of halogens is 1. The topological polar surface area (TPSA) is 81.4 Å². The second-order valence-electron chi connectivity index (χ2n) is 8.05. The van der Waals surface area contributed by atoms with Crippen LogP contribution in [-0.2, 0) is 11.2 Å². The largest absolute Gasteiger partial charge is 0.467 e. The van der Waals surface area contributed by atoms with E-state index in [0.29, 0.717) is 30.5 Å². The van der Waals surface area contributed by atoms with Gasteiger partial charge in [-0.2, -0.15) is 0 Å². The van der Waals surface area contributed by atoms with Crippen LogP contribution in [0.1, 0.15) is 42.5 Å². The lowest BCUT2D eigenvalue weighted by atomic mass is 10.0. The Labute approximate surface area is 190 Å². The third-order valence-electron chi connectivity index (χ3n) is 5.81. The van der Waals surface area contributed by atoms with Gasteiger partial charge in [0.25, 0.3) is 5.91 Å². The standard InChI is InChI=1S/C25H23FN4O3/c26-18-10-8-17(9-11-18)13-19-14-27-25(33-19)22-7-3-4-12-30(22)23(31)15-32-24-20-5-1-2-6-21(20)28-16-29-24/h1-2,5-6,8-11,14,16,22H,3-4,7,12-13,15H2. The molecule has 1 unspecified atom stereocenters. The highest BCUT2D eigenvalue weighted by molar-refractivity contribution is 5.84. The van der Waals surface area contributed by atoms with Gasteiger partial charge >= 0.3 is 0 Å². The Morgan fingerprint density at radius 3 is 2.82 bits per heavy atom. The number of benzene rings is 2. The monoisotopic (exact) mass is 446 g/mol. The van der Waals surface area contributed by atoms with E-state index in [2.05, 4.69) is 15.0 Å². The van der Waals surface area contributed by atoms with Gasteiger partial charge in [0.05, 0.1) is 17.1 Å². The maximum absolute atomic E-state index is 13.1. The molecule has 0 spiro atoms. The Bertz CT molecular complexity index is 1250. The van der Waals surface area contributed by atoms with Crippen molar-refractivity contribution in [2.45, 2.75) is 31.7 Å². The molecule has 0 bridgehead atoms. The molecule has 1 aliphatic rings. The van der Waals surface area contributed by atoms with Crippen LogP contribution in [0.3, 0.4) is 0 Å². The smallest absolute Gasteiger partial charge is 0.261 e. The normalized spacial score (nSPS) is 16.2. The highest BCUT2D eigenvalue weighted by Crippen LogP contribution is 2.31. The van der Waals surface area contributed by atoms with Crippen molar-refractivity contribution >= 4 is 16.8 Å². The summed E-state index contributed by atoms with van der Waals surface area (Å²) in [5.41, 5.74) is 1.69. The number of likely N-dealkylation sites (tertiary alicyclic amines) is 1. The van der Waals surface area contributed by atoms with Gasteiger partial charge in [-0.25, -0.2) is 19.3 Å². The minimum absolute atomic E-state index is 0.124. The molecule has 1 saturated heterocycles. The van der Waals surface area contributed by atoms with Crippen molar-refractivity contribution in [3.63, 3.8) is 0 Å². The third kappa shape index (κ3) is 4.69. The minimum Gasteiger partial charge on any atom is -0.467 e. The summed E-state index contributed by atoms with van der Waals surface area (Å²) >= 11 is 0. The van der Waals surface area contributed by atoms with Gasteiger partial charge in [-0.1, -0.05) is 24.3 Å². The van der Waals surface area contributed by atoms with E-state index in [1.165, 1.54) is 18.5 Å². The molecular formula is C25H23FN4O3. The van der Waals surface area contributed by atoms with Crippen molar-refractivity contribution < 1.29 is 18.3 Å². The van der Waals surface area contributed by atoms with Gasteiger partial charge in [-0.3, -0.25) is 4.79 Å². The molecule has 1 atom stereocenters. The second kappa shape index (κ2) is 9.36. The lowest BCUT2D eigenvalue weighted by Gasteiger charge is -2.33. The predicted molar refractivity (Wildman–Crippen MR) is 119 cm³/mol. The maximum Gasteiger partial charge on any atom is 0.261 e. The lowest BCUT2D eigenvalue weighted by Crippen LogP contribution is -2.41. The zero-order chi connectivity index (χ0) is 22.6. The van der Waals surface area contributed by atoms with E-state index in [1.807, 2.05) is 24.3 Å². The number of carbonyl (C=O) groups excluding carboxylic acids is 1. The number of fused-ring (bicyclic) bond motifs is 1. The summed E-state index contributed by atoms with van der Waals surface area (Å²) in [6, 6.07) is 13.6. The van der Waals surface area contributed by atoms with Gasteiger partial charge in [0.1, 0.15) is 23.9 Å². The number of para-hydroxylation sites is 1. The quantitative estimate of drug-likeness (QED) is 0.434. The summed E-state index contributed by atoms with van der Waals surface area (Å²) in [6.07, 6.45) is 6.31. The Morgan fingerprint density at radius 1 is 1.09 bits per heavy atom. The summed E-state index contributed by atoms with van der Waals surface area (Å²) in [6.45, 7) is 0.494. The van der Waals surface area contributed by atoms with Crippen LogP contribution in [0.2, 0.25) is 0 Å². The molecule has 8 heteroatoms. The number of aromatic nitrogens is 3. The molecule has 3 heterocycles. The number of hydrogen-bond acceptors (Lipinski definition) is 6. The molecule has 1 amide bonds. The average molecular weight is 446 g/mol. The van der Waals surface area contributed by atoms with Gasteiger partial charge in [0.15, 0.2) is 6.61 Å². The van der Waals surface area contributed by atoms with Crippen molar-refractivity contribution in [2.24, 2.45) is 0 Å². The molecule has 1 aliphatic heterocycles. The Morgan fingerprint density at radius 2 is 1.94 bits per heavy atom. The van der Waals surface area contributed by atoms with Gasteiger partial charge in [-0.05, 0) is 49.1 Å². The van der Waals surface area contributed by atoms with Gasteiger partial charge in [0, 0.05) is 13.0 Å². The number of nitrogens with zero attached hydrogens (tertiary/aromatic N) is 4. The SMILES string of the molecule is O=C(COc1ncnc2ccccc12)N1CCCCC1c1ncc(Cc2ccc(F)cc2)o1. The maximum atomic E-state index is 13.1. The first-order valence-electron chi connectivity index (χ1n) is 11.0. The molecule has 2 aromatic heterocycles. The minimum atomic E-state index is -0.273. The van der Waals surface area contributed by atoms with Crippen LogP contribution in [-0.4, -0.2) is 38.9 Å². The van der Waals surface area contributed by atoms with Crippen LogP contribution in [0.15, 0.2) is 65.5 Å². The number of rotatable bonds is 6. The fraction of sp³-hybridized carbons (Fsp3) is 0.280.